The Morgan fingerprint density at radius 2 is 1.88 bits per heavy atom. The normalized spacial score (nSPS) is 22.4. The molecule has 6 nitrogen and oxygen atoms in total. The van der Waals surface area contributed by atoms with Gasteiger partial charge in [-0.25, -0.2) is 4.39 Å². The molecular formula is C25H28FN3O3. The smallest absolute Gasteiger partial charge is 0.276 e. The van der Waals surface area contributed by atoms with E-state index in [1.165, 1.54) is 36.3 Å². The Kier molecular flexibility index (Phi) is 5.27. The number of nitrogens with one attached hydrogen (secondary N) is 1. The first-order valence-corrected chi connectivity index (χ1v) is 11.5. The predicted molar refractivity (Wildman–Crippen MR) is 120 cm³/mol. The lowest BCUT2D eigenvalue weighted by molar-refractivity contribution is -0.127. The summed E-state index contributed by atoms with van der Waals surface area (Å²) >= 11 is 0. The second-order valence-corrected chi connectivity index (χ2v) is 9.20. The minimum Gasteiger partial charge on any atom is -0.463 e. The van der Waals surface area contributed by atoms with E-state index in [4.69, 9.17) is 4.42 Å². The van der Waals surface area contributed by atoms with Crippen LogP contribution in [0.1, 0.15) is 62.4 Å². The summed E-state index contributed by atoms with van der Waals surface area (Å²) in [5.41, 5.74) is 0.951. The molecule has 5 rings (SSSR count). The number of amides is 2. The minimum absolute atomic E-state index is 0.0871. The Balaban J connectivity index is 1.55. The second kappa shape index (κ2) is 8.11. The first kappa shape index (κ1) is 20.8. The molecule has 1 aliphatic heterocycles. The molecule has 3 heterocycles. The van der Waals surface area contributed by atoms with E-state index in [9.17, 15) is 14.0 Å². The average molecular weight is 438 g/mol. The Morgan fingerprint density at radius 3 is 2.62 bits per heavy atom. The Hall–Kier alpha value is -3.09. The van der Waals surface area contributed by atoms with Crippen molar-refractivity contribution in [3.05, 3.63) is 54.2 Å². The maximum atomic E-state index is 14.1. The monoisotopic (exact) mass is 437 g/mol. The van der Waals surface area contributed by atoms with Gasteiger partial charge in [-0.05, 0) is 38.0 Å². The van der Waals surface area contributed by atoms with Gasteiger partial charge in [0.05, 0.1) is 18.3 Å². The van der Waals surface area contributed by atoms with E-state index in [1.807, 2.05) is 4.57 Å². The van der Waals surface area contributed by atoms with Gasteiger partial charge in [-0.3, -0.25) is 14.5 Å². The van der Waals surface area contributed by atoms with Crippen molar-refractivity contribution in [1.29, 1.82) is 0 Å². The SMILES string of the molecule is C[C@]1(C(=O)NC2CCCCCCC2)Cn2c(cc3occc32)C(=O)N1c1cccc(F)c1. The molecule has 1 saturated carbocycles. The van der Waals surface area contributed by atoms with Crippen molar-refractivity contribution in [3.8, 4) is 0 Å². The summed E-state index contributed by atoms with van der Waals surface area (Å²) in [6, 6.07) is 9.45. The van der Waals surface area contributed by atoms with Gasteiger partial charge in [0.1, 0.15) is 17.1 Å². The van der Waals surface area contributed by atoms with E-state index >= 15 is 0 Å². The molecule has 2 amide bonds. The zero-order chi connectivity index (χ0) is 22.3. The fourth-order valence-electron chi connectivity index (χ4n) is 5.17. The van der Waals surface area contributed by atoms with E-state index in [2.05, 4.69) is 5.32 Å². The van der Waals surface area contributed by atoms with Crippen LogP contribution in [0, 0.1) is 5.82 Å². The third-order valence-corrected chi connectivity index (χ3v) is 6.90. The van der Waals surface area contributed by atoms with Crippen molar-refractivity contribution in [2.75, 3.05) is 4.90 Å². The van der Waals surface area contributed by atoms with E-state index in [0.717, 1.165) is 31.2 Å². The van der Waals surface area contributed by atoms with Crippen molar-refractivity contribution in [1.82, 2.24) is 9.88 Å². The molecule has 32 heavy (non-hydrogen) atoms. The molecule has 0 spiro atoms. The summed E-state index contributed by atoms with van der Waals surface area (Å²) in [7, 11) is 0. The van der Waals surface area contributed by atoms with Crippen LogP contribution in [0.3, 0.4) is 0 Å². The molecular weight excluding hydrogens is 409 g/mol. The molecule has 1 atom stereocenters. The summed E-state index contributed by atoms with van der Waals surface area (Å²) in [5, 5.41) is 3.23. The van der Waals surface area contributed by atoms with E-state index in [-0.39, 0.29) is 24.4 Å². The number of anilines is 1. The van der Waals surface area contributed by atoms with Gasteiger partial charge in [0.15, 0.2) is 5.58 Å². The van der Waals surface area contributed by atoms with Crippen LogP contribution >= 0.6 is 0 Å². The molecule has 0 radical (unpaired) electrons. The molecule has 0 unspecified atom stereocenters. The third kappa shape index (κ3) is 3.49. The molecule has 7 heteroatoms. The quantitative estimate of drug-likeness (QED) is 0.626. The summed E-state index contributed by atoms with van der Waals surface area (Å²) in [6.07, 6.45) is 9.25. The largest absolute Gasteiger partial charge is 0.463 e. The maximum absolute atomic E-state index is 14.1. The number of fused-ring (bicyclic) bond motifs is 3. The van der Waals surface area contributed by atoms with Crippen LogP contribution in [0.5, 0.6) is 0 Å². The van der Waals surface area contributed by atoms with Gasteiger partial charge >= 0.3 is 0 Å². The summed E-state index contributed by atoms with van der Waals surface area (Å²) in [5.74, 6) is -1.01. The first-order valence-electron chi connectivity index (χ1n) is 11.5. The number of hydrogen-bond donors (Lipinski definition) is 1. The van der Waals surface area contributed by atoms with Gasteiger partial charge in [0.2, 0.25) is 5.91 Å². The van der Waals surface area contributed by atoms with E-state index in [1.54, 1.807) is 37.5 Å². The lowest BCUT2D eigenvalue weighted by Crippen LogP contribution is -2.65. The van der Waals surface area contributed by atoms with Crippen LogP contribution in [0.15, 0.2) is 47.1 Å². The Morgan fingerprint density at radius 1 is 1.12 bits per heavy atom. The van der Waals surface area contributed by atoms with E-state index in [0.29, 0.717) is 17.0 Å². The summed E-state index contributed by atoms with van der Waals surface area (Å²) in [4.78, 5) is 28.9. The number of rotatable bonds is 3. The predicted octanol–water partition coefficient (Wildman–Crippen LogP) is 5.02. The molecule has 0 saturated heterocycles. The fourth-order valence-corrected chi connectivity index (χ4v) is 5.17. The number of carbonyl (C=O) groups excluding carboxylic acids is 2. The summed E-state index contributed by atoms with van der Waals surface area (Å²) in [6.45, 7) is 2.02. The zero-order valence-electron chi connectivity index (χ0n) is 18.3. The van der Waals surface area contributed by atoms with E-state index < -0.39 is 11.4 Å². The second-order valence-electron chi connectivity index (χ2n) is 9.20. The van der Waals surface area contributed by atoms with Gasteiger partial charge in [-0.1, -0.05) is 38.2 Å². The van der Waals surface area contributed by atoms with Gasteiger partial charge in [0.25, 0.3) is 5.91 Å². The van der Waals surface area contributed by atoms with Crippen molar-refractivity contribution in [3.63, 3.8) is 0 Å². The van der Waals surface area contributed by atoms with Crippen molar-refractivity contribution in [2.24, 2.45) is 0 Å². The number of nitrogens with zero attached hydrogens (tertiary/aromatic N) is 2. The summed E-state index contributed by atoms with van der Waals surface area (Å²) < 4.78 is 21.5. The number of aromatic nitrogens is 1. The van der Waals surface area contributed by atoms with Gasteiger partial charge in [-0.2, -0.15) is 0 Å². The van der Waals surface area contributed by atoms with Crippen LogP contribution in [0.2, 0.25) is 0 Å². The highest BCUT2D eigenvalue weighted by molar-refractivity contribution is 6.13. The molecule has 0 bridgehead atoms. The highest BCUT2D eigenvalue weighted by Crippen LogP contribution is 2.36. The van der Waals surface area contributed by atoms with Crippen LogP contribution in [0.25, 0.3) is 11.1 Å². The van der Waals surface area contributed by atoms with Crippen molar-refractivity contribution in [2.45, 2.75) is 70.0 Å². The van der Waals surface area contributed by atoms with Crippen molar-refractivity contribution < 1.29 is 18.4 Å². The maximum Gasteiger partial charge on any atom is 0.276 e. The molecule has 2 aliphatic rings. The minimum atomic E-state index is -1.22. The highest BCUT2D eigenvalue weighted by Gasteiger charge is 2.49. The molecule has 2 aromatic heterocycles. The number of hydrogen-bond acceptors (Lipinski definition) is 3. The standard InChI is InChI=1S/C25H28FN3O3/c1-25(24(31)27-18-9-5-3-2-4-6-10-18)16-28-20-12-13-32-22(20)15-21(28)23(30)29(25)19-11-7-8-17(26)14-19/h7-8,11-15,18H,2-6,9-10,16H2,1H3,(H,27,31)/t25-/m1/s1. The van der Waals surface area contributed by atoms with Crippen LogP contribution < -0.4 is 10.2 Å². The highest BCUT2D eigenvalue weighted by atomic mass is 19.1. The van der Waals surface area contributed by atoms with Crippen LogP contribution in [-0.4, -0.2) is 28.0 Å². The lowest BCUT2D eigenvalue weighted by atomic mass is 9.91. The van der Waals surface area contributed by atoms with Crippen molar-refractivity contribution >= 4 is 28.6 Å². The molecule has 1 N–H and O–H groups in total. The third-order valence-electron chi connectivity index (χ3n) is 6.90. The Bertz CT molecular complexity index is 1160. The first-order chi connectivity index (χ1) is 15.5. The fraction of sp³-hybridized carbons (Fsp3) is 0.440. The molecule has 1 fully saturated rings. The zero-order valence-corrected chi connectivity index (χ0v) is 18.3. The number of carbonyl (C=O) groups is 2. The topological polar surface area (TPSA) is 67.5 Å². The molecule has 3 aromatic rings. The number of benzene rings is 1. The van der Waals surface area contributed by atoms with Crippen LogP contribution in [-0.2, 0) is 11.3 Å². The van der Waals surface area contributed by atoms with Crippen LogP contribution in [0.4, 0.5) is 10.1 Å². The molecule has 168 valence electrons. The van der Waals surface area contributed by atoms with Gasteiger partial charge in [-0.15, -0.1) is 0 Å². The number of halogens is 1. The number of furan rings is 1. The Labute approximate surface area is 186 Å². The van der Waals surface area contributed by atoms with Gasteiger partial charge < -0.3 is 14.3 Å². The lowest BCUT2D eigenvalue weighted by Gasteiger charge is -2.44. The average Bonchev–Trinajstić information content (AvgIpc) is 3.32. The van der Waals surface area contributed by atoms with Gasteiger partial charge in [0, 0.05) is 23.9 Å². The molecule has 1 aromatic carbocycles. The molecule has 1 aliphatic carbocycles.